The van der Waals surface area contributed by atoms with Crippen LogP contribution in [0, 0.1) is 6.92 Å². The van der Waals surface area contributed by atoms with Crippen LogP contribution in [0.2, 0.25) is 0 Å². The number of aromatic nitrogens is 2. The van der Waals surface area contributed by atoms with Gasteiger partial charge < -0.3 is 19.9 Å². The Labute approximate surface area is 175 Å². The number of nitrogens with zero attached hydrogens (tertiary/aromatic N) is 3. The summed E-state index contributed by atoms with van der Waals surface area (Å²) in [6.07, 6.45) is 2.84. The number of hydrogen-bond donors (Lipinski definition) is 1. The third-order valence-corrected chi connectivity index (χ3v) is 5.53. The van der Waals surface area contributed by atoms with Gasteiger partial charge in [-0.3, -0.25) is 4.79 Å². The smallest absolute Gasteiger partial charge is 0.254 e. The molecule has 0 unspecified atom stereocenters. The number of hydrogen-bond acceptors (Lipinski definition) is 7. The van der Waals surface area contributed by atoms with E-state index in [1.165, 1.54) is 11.8 Å². The van der Waals surface area contributed by atoms with Crippen molar-refractivity contribution >= 4 is 30.1 Å². The van der Waals surface area contributed by atoms with Gasteiger partial charge >= 0.3 is 0 Å². The van der Waals surface area contributed by atoms with E-state index in [0.29, 0.717) is 43.7 Å². The van der Waals surface area contributed by atoms with E-state index in [4.69, 9.17) is 15.0 Å². The summed E-state index contributed by atoms with van der Waals surface area (Å²) in [5, 5.41) is 3.80. The summed E-state index contributed by atoms with van der Waals surface area (Å²) < 4.78 is 11.0. The lowest BCUT2D eigenvalue weighted by molar-refractivity contribution is 0.00835. The Bertz CT molecular complexity index is 750. The van der Waals surface area contributed by atoms with Crippen LogP contribution < -0.4 is 5.73 Å². The molecule has 1 aliphatic rings. The molecule has 2 N–H and O–H groups in total. The molecule has 2 aromatic rings. The molecule has 3 rings (SSSR count). The largest absolute Gasteiger partial charge is 0.378 e. The molecule has 0 atom stereocenters. The number of aryl methyl sites for hydroxylation is 1. The zero-order valence-electron chi connectivity index (χ0n) is 16.0. The minimum Gasteiger partial charge on any atom is -0.378 e. The van der Waals surface area contributed by atoms with E-state index >= 15 is 0 Å². The molecule has 1 aromatic heterocycles. The highest BCUT2D eigenvalue weighted by Crippen LogP contribution is 2.27. The summed E-state index contributed by atoms with van der Waals surface area (Å²) in [6, 6.07) is 7.68. The molecule has 1 aromatic carbocycles. The SMILES string of the molecule is Cc1noc(CSc2ccccc2C(=O)N2CCC(OCCCN)CC2)n1.Cl. The zero-order chi connectivity index (χ0) is 19.1. The summed E-state index contributed by atoms with van der Waals surface area (Å²) >= 11 is 1.54. The fourth-order valence-corrected chi connectivity index (χ4v) is 3.92. The number of thioether (sulfide) groups is 1. The molecule has 7 nitrogen and oxygen atoms in total. The Morgan fingerprint density at radius 3 is 2.79 bits per heavy atom. The first-order valence-electron chi connectivity index (χ1n) is 9.29. The van der Waals surface area contributed by atoms with Crippen molar-refractivity contribution < 1.29 is 14.1 Å². The summed E-state index contributed by atoms with van der Waals surface area (Å²) in [4.78, 5) is 20.1. The van der Waals surface area contributed by atoms with Gasteiger partial charge in [0.05, 0.1) is 17.4 Å². The second-order valence-corrected chi connectivity index (χ2v) is 7.54. The van der Waals surface area contributed by atoms with Crippen LogP contribution in [0.4, 0.5) is 0 Å². The molecule has 1 saturated heterocycles. The van der Waals surface area contributed by atoms with E-state index in [0.717, 1.165) is 29.7 Å². The summed E-state index contributed by atoms with van der Waals surface area (Å²) in [5.41, 5.74) is 6.22. The number of carbonyl (C=O) groups is 1. The van der Waals surface area contributed by atoms with Crippen LogP contribution in [-0.2, 0) is 10.5 Å². The topological polar surface area (TPSA) is 94.5 Å². The monoisotopic (exact) mass is 426 g/mol. The molecule has 0 spiro atoms. The van der Waals surface area contributed by atoms with Crippen molar-refractivity contribution in [2.24, 2.45) is 5.73 Å². The number of benzene rings is 1. The molecule has 1 fully saturated rings. The van der Waals surface area contributed by atoms with E-state index < -0.39 is 0 Å². The first kappa shape index (κ1) is 22.7. The number of nitrogens with two attached hydrogens (primary N) is 1. The van der Waals surface area contributed by atoms with Crippen molar-refractivity contribution in [2.45, 2.75) is 42.9 Å². The average molecular weight is 427 g/mol. The number of rotatable bonds is 8. The molecule has 2 heterocycles. The van der Waals surface area contributed by atoms with Gasteiger partial charge in [-0.05, 0) is 44.9 Å². The number of likely N-dealkylation sites (tertiary alicyclic amines) is 1. The van der Waals surface area contributed by atoms with Gasteiger partial charge in [0.1, 0.15) is 0 Å². The Hall–Kier alpha value is -1.61. The maximum absolute atomic E-state index is 13.0. The van der Waals surface area contributed by atoms with Gasteiger partial charge in [-0.1, -0.05) is 17.3 Å². The number of piperidine rings is 1. The van der Waals surface area contributed by atoms with Gasteiger partial charge in [-0.2, -0.15) is 4.98 Å². The second-order valence-electron chi connectivity index (χ2n) is 6.52. The maximum Gasteiger partial charge on any atom is 0.254 e. The molecule has 0 saturated carbocycles. The van der Waals surface area contributed by atoms with Crippen LogP contribution in [0.1, 0.15) is 41.3 Å². The van der Waals surface area contributed by atoms with Crippen LogP contribution in [0.25, 0.3) is 0 Å². The molecule has 9 heteroatoms. The van der Waals surface area contributed by atoms with E-state index in [-0.39, 0.29) is 24.4 Å². The van der Waals surface area contributed by atoms with Crippen molar-refractivity contribution in [3.05, 3.63) is 41.5 Å². The Morgan fingerprint density at radius 1 is 1.36 bits per heavy atom. The average Bonchev–Trinajstić information content (AvgIpc) is 3.12. The molecule has 154 valence electrons. The lowest BCUT2D eigenvalue weighted by atomic mass is 10.1. The minimum atomic E-state index is 0. The van der Waals surface area contributed by atoms with Gasteiger partial charge in [0.25, 0.3) is 5.91 Å². The quantitative estimate of drug-likeness (QED) is 0.512. The van der Waals surface area contributed by atoms with E-state index in [9.17, 15) is 4.79 Å². The Kier molecular flexibility index (Phi) is 9.24. The second kappa shape index (κ2) is 11.4. The van der Waals surface area contributed by atoms with E-state index in [1.807, 2.05) is 29.2 Å². The Morgan fingerprint density at radius 2 is 2.11 bits per heavy atom. The van der Waals surface area contributed by atoms with Crippen molar-refractivity contribution in [3.63, 3.8) is 0 Å². The van der Waals surface area contributed by atoms with Crippen LogP contribution >= 0.6 is 24.2 Å². The van der Waals surface area contributed by atoms with Crippen LogP contribution in [0.3, 0.4) is 0 Å². The third-order valence-electron chi connectivity index (χ3n) is 4.47. The van der Waals surface area contributed by atoms with Gasteiger partial charge in [-0.15, -0.1) is 24.2 Å². The molecule has 1 aliphatic heterocycles. The standard InChI is InChI=1S/C19H26N4O3S.ClH/c1-14-21-18(26-22-14)13-27-17-6-3-2-5-16(17)19(24)23-10-7-15(8-11-23)25-12-4-9-20;/h2-3,5-6,15H,4,7-13,20H2,1H3;1H. The van der Waals surface area contributed by atoms with Gasteiger partial charge in [-0.25, -0.2) is 0 Å². The molecule has 0 bridgehead atoms. The van der Waals surface area contributed by atoms with Crippen LogP contribution in [0.5, 0.6) is 0 Å². The number of carbonyl (C=O) groups excluding carboxylic acids is 1. The first-order chi connectivity index (χ1) is 13.2. The van der Waals surface area contributed by atoms with Crippen LogP contribution in [0.15, 0.2) is 33.7 Å². The number of halogens is 1. The van der Waals surface area contributed by atoms with Crippen molar-refractivity contribution in [2.75, 3.05) is 26.2 Å². The van der Waals surface area contributed by atoms with Gasteiger partial charge in [0, 0.05) is 24.6 Å². The number of amides is 1. The summed E-state index contributed by atoms with van der Waals surface area (Å²) in [6.45, 7) is 4.57. The molecule has 1 amide bonds. The third kappa shape index (κ3) is 6.20. The predicted molar refractivity (Wildman–Crippen MR) is 111 cm³/mol. The maximum atomic E-state index is 13.0. The highest BCUT2D eigenvalue weighted by molar-refractivity contribution is 7.98. The summed E-state index contributed by atoms with van der Waals surface area (Å²) in [5.74, 6) is 1.80. The molecular formula is C19H27ClN4O3S. The normalized spacial score (nSPS) is 14.7. The highest BCUT2D eigenvalue weighted by atomic mass is 35.5. The Balaban J connectivity index is 0.00000280. The zero-order valence-corrected chi connectivity index (χ0v) is 17.6. The van der Waals surface area contributed by atoms with E-state index in [1.54, 1.807) is 6.92 Å². The fraction of sp³-hybridized carbons (Fsp3) is 0.526. The highest BCUT2D eigenvalue weighted by Gasteiger charge is 2.25. The minimum absolute atomic E-state index is 0. The summed E-state index contributed by atoms with van der Waals surface area (Å²) in [7, 11) is 0. The lowest BCUT2D eigenvalue weighted by Crippen LogP contribution is -2.41. The molecular weight excluding hydrogens is 400 g/mol. The number of ether oxygens (including phenoxy) is 1. The van der Waals surface area contributed by atoms with Crippen molar-refractivity contribution in [1.29, 1.82) is 0 Å². The van der Waals surface area contributed by atoms with Crippen molar-refractivity contribution in [1.82, 2.24) is 15.0 Å². The van der Waals surface area contributed by atoms with E-state index in [2.05, 4.69) is 10.1 Å². The van der Waals surface area contributed by atoms with Crippen molar-refractivity contribution in [3.8, 4) is 0 Å². The molecule has 0 aliphatic carbocycles. The van der Waals surface area contributed by atoms with Crippen LogP contribution in [-0.4, -0.2) is 53.3 Å². The molecule has 0 radical (unpaired) electrons. The first-order valence-corrected chi connectivity index (χ1v) is 10.3. The van der Waals surface area contributed by atoms with Gasteiger partial charge in [0.15, 0.2) is 5.82 Å². The predicted octanol–water partition coefficient (Wildman–Crippen LogP) is 3.06. The lowest BCUT2D eigenvalue weighted by Gasteiger charge is -2.32. The molecule has 28 heavy (non-hydrogen) atoms. The fourth-order valence-electron chi connectivity index (χ4n) is 3.04. The van der Waals surface area contributed by atoms with Gasteiger partial charge in [0.2, 0.25) is 5.89 Å².